The first-order valence-corrected chi connectivity index (χ1v) is 11.2. The number of hydrogen-bond donors (Lipinski definition) is 2. The summed E-state index contributed by atoms with van der Waals surface area (Å²) in [6.45, 7) is 1.63. The standard InChI is InChI=1S/C26H18F3N5O4/c1-14-21(31-12-11-30-14)22-20(25(36)37)24-32-18(13-19(35)34(24)33-22)15-7-9-17(10-8-15)38-23(26(27,28)29)16-5-3-2-4-6-16/h2-13,23,32H,1H3,(H,36,37). The molecule has 3 heterocycles. The molecule has 0 aliphatic heterocycles. The van der Waals surface area contributed by atoms with E-state index in [2.05, 4.69) is 20.1 Å². The molecule has 0 amide bonds. The largest absolute Gasteiger partial charge is 0.477 e. The Bertz CT molecular complexity index is 1700. The van der Waals surface area contributed by atoms with E-state index in [0.717, 1.165) is 4.52 Å². The molecule has 5 rings (SSSR count). The maximum Gasteiger partial charge on any atom is 0.429 e. The van der Waals surface area contributed by atoms with E-state index in [-0.39, 0.29) is 39.6 Å². The fraction of sp³-hybridized carbons (Fsp3) is 0.115. The summed E-state index contributed by atoms with van der Waals surface area (Å²) in [6.07, 6.45) is -3.98. The molecule has 0 radical (unpaired) electrons. The minimum Gasteiger partial charge on any atom is -0.477 e. The number of fused-ring (bicyclic) bond motifs is 1. The fourth-order valence-electron chi connectivity index (χ4n) is 4.01. The topological polar surface area (TPSA) is 122 Å². The third-order valence-electron chi connectivity index (χ3n) is 5.75. The average Bonchev–Trinajstić information content (AvgIpc) is 3.28. The van der Waals surface area contributed by atoms with Gasteiger partial charge in [0.1, 0.15) is 22.7 Å². The van der Waals surface area contributed by atoms with E-state index < -0.39 is 23.8 Å². The molecule has 1 atom stereocenters. The van der Waals surface area contributed by atoms with E-state index >= 15 is 0 Å². The van der Waals surface area contributed by atoms with E-state index in [0.29, 0.717) is 11.3 Å². The smallest absolute Gasteiger partial charge is 0.429 e. The monoisotopic (exact) mass is 521 g/mol. The van der Waals surface area contributed by atoms with Gasteiger partial charge in [0.2, 0.25) is 6.10 Å². The Labute approximate surface area is 212 Å². The summed E-state index contributed by atoms with van der Waals surface area (Å²) < 4.78 is 47.1. The zero-order valence-electron chi connectivity index (χ0n) is 19.6. The third kappa shape index (κ3) is 4.59. The number of aromatic amines is 1. The highest BCUT2D eigenvalue weighted by Crippen LogP contribution is 2.37. The Morgan fingerprint density at radius 2 is 1.71 bits per heavy atom. The van der Waals surface area contributed by atoms with E-state index in [1.54, 1.807) is 13.0 Å². The summed E-state index contributed by atoms with van der Waals surface area (Å²) in [6, 6.07) is 14.0. The highest BCUT2D eigenvalue weighted by Gasteiger charge is 2.43. The molecule has 0 saturated carbocycles. The summed E-state index contributed by atoms with van der Waals surface area (Å²) in [5.74, 6) is -1.38. The number of nitrogens with one attached hydrogen (secondary N) is 1. The second-order valence-corrected chi connectivity index (χ2v) is 8.28. The van der Waals surface area contributed by atoms with Crippen molar-refractivity contribution in [2.24, 2.45) is 0 Å². The molecule has 1 unspecified atom stereocenters. The molecule has 0 aliphatic carbocycles. The van der Waals surface area contributed by atoms with E-state index in [4.69, 9.17) is 4.74 Å². The minimum absolute atomic E-state index is 0.0311. The number of halogens is 3. The lowest BCUT2D eigenvalue weighted by molar-refractivity contribution is -0.198. The number of carbonyl (C=O) groups is 1. The first-order valence-electron chi connectivity index (χ1n) is 11.2. The minimum atomic E-state index is -4.65. The number of nitrogens with zero attached hydrogens (tertiary/aromatic N) is 4. The molecule has 3 aromatic heterocycles. The molecule has 0 bridgehead atoms. The van der Waals surface area contributed by atoms with Crippen molar-refractivity contribution in [2.75, 3.05) is 0 Å². The molecule has 12 heteroatoms. The molecule has 2 aromatic carbocycles. The van der Waals surface area contributed by atoms with Crippen molar-refractivity contribution in [1.82, 2.24) is 24.6 Å². The molecule has 2 N–H and O–H groups in total. The summed E-state index contributed by atoms with van der Waals surface area (Å²) in [7, 11) is 0. The van der Waals surface area contributed by atoms with Crippen LogP contribution in [0.15, 0.2) is 77.9 Å². The lowest BCUT2D eigenvalue weighted by Crippen LogP contribution is -2.26. The van der Waals surface area contributed by atoms with Crippen molar-refractivity contribution in [3.05, 3.63) is 100 Å². The van der Waals surface area contributed by atoms with E-state index in [1.807, 2.05) is 0 Å². The SMILES string of the molecule is Cc1nccnc1-c1nn2c(=O)cc(-c3ccc(OC(c4ccccc4)C(F)(F)F)cc3)[nH]c2c1C(=O)O. The van der Waals surface area contributed by atoms with Gasteiger partial charge in [0.15, 0.2) is 5.65 Å². The number of carboxylic acid groups (broad SMARTS) is 1. The summed E-state index contributed by atoms with van der Waals surface area (Å²) in [5.41, 5.74) is 0.225. The molecule has 5 aromatic rings. The lowest BCUT2D eigenvalue weighted by atomic mass is 10.1. The van der Waals surface area contributed by atoms with Gasteiger partial charge in [-0.3, -0.25) is 14.8 Å². The molecular formula is C26H18F3N5O4. The normalized spacial score (nSPS) is 12.4. The average molecular weight is 521 g/mol. The van der Waals surface area contributed by atoms with Gasteiger partial charge in [0, 0.05) is 24.0 Å². The molecule has 38 heavy (non-hydrogen) atoms. The summed E-state index contributed by atoms with van der Waals surface area (Å²) in [5, 5.41) is 14.1. The van der Waals surface area contributed by atoms with Gasteiger partial charge in [0.05, 0.1) is 11.4 Å². The van der Waals surface area contributed by atoms with Crippen LogP contribution in [0.2, 0.25) is 0 Å². The summed E-state index contributed by atoms with van der Waals surface area (Å²) >= 11 is 0. The maximum absolute atomic E-state index is 13.7. The van der Waals surface area contributed by atoms with Crippen LogP contribution in [0.4, 0.5) is 13.2 Å². The predicted octanol–water partition coefficient (Wildman–Crippen LogP) is 4.84. The Morgan fingerprint density at radius 1 is 1.03 bits per heavy atom. The zero-order valence-corrected chi connectivity index (χ0v) is 19.6. The number of ether oxygens (including phenoxy) is 1. The second-order valence-electron chi connectivity index (χ2n) is 8.28. The Morgan fingerprint density at radius 3 is 2.34 bits per heavy atom. The quantitative estimate of drug-likeness (QED) is 0.328. The van der Waals surface area contributed by atoms with Crippen LogP contribution in [-0.2, 0) is 0 Å². The molecule has 0 fully saturated rings. The number of hydrogen-bond acceptors (Lipinski definition) is 6. The van der Waals surface area contributed by atoms with Gasteiger partial charge in [-0.25, -0.2) is 4.79 Å². The first-order chi connectivity index (χ1) is 18.1. The highest BCUT2D eigenvalue weighted by atomic mass is 19.4. The number of carboxylic acids is 1. The zero-order chi connectivity index (χ0) is 27.0. The molecule has 0 saturated heterocycles. The van der Waals surface area contributed by atoms with E-state index in [9.17, 15) is 27.9 Å². The van der Waals surface area contributed by atoms with Gasteiger partial charge in [-0.1, -0.05) is 30.3 Å². The number of alkyl halides is 3. The van der Waals surface area contributed by atoms with Gasteiger partial charge in [0.25, 0.3) is 5.56 Å². The van der Waals surface area contributed by atoms with Crippen LogP contribution in [0.1, 0.15) is 27.7 Å². The Balaban J connectivity index is 1.53. The van der Waals surface area contributed by atoms with Crippen molar-refractivity contribution >= 4 is 11.6 Å². The van der Waals surface area contributed by atoms with Crippen LogP contribution >= 0.6 is 0 Å². The van der Waals surface area contributed by atoms with Crippen molar-refractivity contribution in [2.45, 2.75) is 19.2 Å². The van der Waals surface area contributed by atoms with Crippen molar-refractivity contribution in [3.8, 4) is 28.4 Å². The van der Waals surface area contributed by atoms with Crippen molar-refractivity contribution < 1.29 is 27.8 Å². The number of aromatic nitrogens is 5. The number of benzene rings is 2. The van der Waals surface area contributed by atoms with Crippen LogP contribution in [0.25, 0.3) is 28.3 Å². The predicted molar refractivity (Wildman–Crippen MR) is 130 cm³/mol. The Hall–Kier alpha value is -5.00. The number of rotatable bonds is 6. The molecule has 9 nitrogen and oxygen atoms in total. The summed E-state index contributed by atoms with van der Waals surface area (Å²) in [4.78, 5) is 36.2. The van der Waals surface area contributed by atoms with Crippen molar-refractivity contribution in [3.63, 3.8) is 0 Å². The van der Waals surface area contributed by atoms with Crippen LogP contribution < -0.4 is 10.3 Å². The van der Waals surface area contributed by atoms with Gasteiger partial charge in [-0.2, -0.15) is 22.8 Å². The van der Waals surface area contributed by atoms with Crippen LogP contribution in [0.3, 0.4) is 0 Å². The molecular weight excluding hydrogens is 503 g/mol. The van der Waals surface area contributed by atoms with Crippen LogP contribution in [0, 0.1) is 6.92 Å². The van der Waals surface area contributed by atoms with E-state index in [1.165, 1.54) is 67.0 Å². The Kier molecular flexibility index (Phi) is 6.15. The second kappa shape index (κ2) is 9.47. The highest BCUT2D eigenvalue weighted by molar-refractivity contribution is 6.01. The third-order valence-corrected chi connectivity index (χ3v) is 5.75. The molecule has 0 aliphatic rings. The number of aromatic carboxylic acids is 1. The van der Waals surface area contributed by atoms with Gasteiger partial charge in [-0.05, 0) is 36.8 Å². The van der Waals surface area contributed by atoms with Gasteiger partial charge < -0.3 is 14.8 Å². The molecule has 192 valence electrons. The van der Waals surface area contributed by atoms with Gasteiger partial charge >= 0.3 is 12.1 Å². The first kappa shape index (κ1) is 24.7. The van der Waals surface area contributed by atoms with Crippen LogP contribution in [-0.4, -0.2) is 41.8 Å². The van der Waals surface area contributed by atoms with Crippen LogP contribution in [0.5, 0.6) is 5.75 Å². The van der Waals surface area contributed by atoms with Gasteiger partial charge in [-0.15, -0.1) is 0 Å². The number of aryl methyl sites for hydroxylation is 1. The lowest BCUT2D eigenvalue weighted by Gasteiger charge is -2.22. The fourth-order valence-corrected chi connectivity index (χ4v) is 4.01. The molecule has 0 spiro atoms. The van der Waals surface area contributed by atoms with Crippen molar-refractivity contribution in [1.29, 1.82) is 0 Å². The number of H-pyrrole nitrogens is 1. The maximum atomic E-state index is 13.7.